The van der Waals surface area contributed by atoms with Crippen LogP contribution in [0.4, 0.5) is 0 Å². The van der Waals surface area contributed by atoms with Crippen LogP contribution in [0.2, 0.25) is 0 Å². The van der Waals surface area contributed by atoms with Gasteiger partial charge in [0.1, 0.15) is 30.2 Å². The van der Waals surface area contributed by atoms with Gasteiger partial charge in [-0.15, -0.1) is 0 Å². The third-order valence-corrected chi connectivity index (χ3v) is 13.8. The zero-order valence-corrected chi connectivity index (χ0v) is 29.1. The molecule has 4 aliphatic carbocycles. The minimum atomic E-state index is -1.65. The lowest BCUT2D eigenvalue weighted by molar-refractivity contribution is -0.327. The summed E-state index contributed by atoms with van der Waals surface area (Å²) in [7, 11) is 0. The van der Waals surface area contributed by atoms with Crippen LogP contribution < -0.4 is 0 Å². The van der Waals surface area contributed by atoms with E-state index in [0.717, 1.165) is 11.1 Å². The largest absolute Gasteiger partial charge is 0.394 e. The summed E-state index contributed by atoms with van der Waals surface area (Å²) in [6.07, 6.45) is -6.01. The van der Waals surface area contributed by atoms with Gasteiger partial charge in [0.05, 0.1) is 36.6 Å². The van der Waals surface area contributed by atoms with Gasteiger partial charge in [-0.3, -0.25) is 4.79 Å². The van der Waals surface area contributed by atoms with E-state index in [1.54, 1.807) is 6.92 Å². The van der Waals surface area contributed by atoms with Crippen LogP contribution in [0.3, 0.4) is 0 Å². The number of rotatable bonds is 7. The molecule has 8 N–H and O–H groups in total. The van der Waals surface area contributed by atoms with Crippen molar-refractivity contribution in [2.75, 3.05) is 6.61 Å². The highest BCUT2D eigenvalue weighted by Crippen LogP contribution is 2.74. The van der Waals surface area contributed by atoms with Crippen molar-refractivity contribution in [3.63, 3.8) is 0 Å². The number of aliphatic hydroxyl groups is 8. The van der Waals surface area contributed by atoms with Crippen LogP contribution in [0, 0.1) is 39.4 Å². The molecular formula is C36H58O11. The number of carbonyl (C=O) groups excluding carboxylic acids is 1. The topological polar surface area (TPSA) is 197 Å². The van der Waals surface area contributed by atoms with Crippen molar-refractivity contribution < 1.29 is 55.1 Å². The summed E-state index contributed by atoms with van der Waals surface area (Å²) < 4.78 is 11.8. The summed E-state index contributed by atoms with van der Waals surface area (Å²) in [4.78, 5) is 14.7. The highest BCUT2D eigenvalue weighted by molar-refractivity contribution is 5.88. The number of ether oxygens (including phenoxy) is 2. The van der Waals surface area contributed by atoms with Crippen molar-refractivity contribution in [1.82, 2.24) is 0 Å². The molecule has 5 rings (SSSR count). The first kappa shape index (κ1) is 37.0. The molecule has 11 heteroatoms. The van der Waals surface area contributed by atoms with E-state index < -0.39 is 94.9 Å². The summed E-state index contributed by atoms with van der Waals surface area (Å²) in [6, 6.07) is 0. The first-order valence-electron chi connectivity index (χ1n) is 17.2. The van der Waals surface area contributed by atoms with Gasteiger partial charge < -0.3 is 50.3 Å². The maximum atomic E-state index is 14.7. The van der Waals surface area contributed by atoms with E-state index in [2.05, 4.69) is 13.0 Å². The van der Waals surface area contributed by atoms with E-state index in [-0.39, 0.29) is 36.9 Å². The number of hydrogen-bond acceptors (Lipinski definition) is 11. The average Bonchev–Trinajstić information content (AvgIpc) is 3.18. The van der Waals surface area contributed by atoms with Crippen LogP contribution >= 0.6 is 0 Å². The van der Waals surface area contributed by atoms with Crippen LogP contribution in [0.5, 0.6) is 0 Å². The van der Waals surface area contributed by atoms with Crippen LogP contribution in [-0.4, -0.2) is 114 Å². The summed E-state index contributed by atoms with van der Waals surface area (Å²) >= 11 is 0. The molecule has 0 radical (unpaired) electrons. The SMILES string of the molecule is CC(C)=CC[C@H](O)[C@](C)(O)[C@@H]1[C@H](O)C[C@@]2(C)[C@H]3CC=C4[C@@H](C[C@H](O)[C@@H](O[C@@H]5O[C@H](CO)[C@@H](O)[C@H](O)[C@H]5O)C4(C)C)[C@]3(C)C(=O)C[C@]12C. The summed E-state index contributed by atoms with van der Waals surface area (Å²) in [5, 5.41) is 87.3. The second-order valence-corrected chi connectivity index (χ2v) is 17.0. The highest BCUT2D eigenvalue weighted by Gasteiger charge is 2.74. The molecule has 4 fully saturated rings. The predicted octanol–water partition coefficient (Wildman–Crippen LogP) is 1.37. The van der Waals surface area contributed by atoms with Gasteiger partial charge in [0.25, 0.3) is 0 Å². The maximum Gasteiger partial charge on any atom is 0.187 e. The fraction of sp³-hybridized carbons (Fsp3) is 0.861. The Hall–Kier alpha value is -1.25. The molecule has 0 spiro atoms. The van der Waals surface area contributed by atoms with Crippen LogP contribution in [0.25, 0.3) is 0 Å². The van der Waals surface area contributed by atoms with E-state index in [4.69, 9.17) is 9.47 Å². The van der Waals surface area contributed by atoms with Crippen molar-refractivity contribution in [2.45, 2.75) is 148 Å². The third kappa shape index (κ3) is 5.34. The van der Waals surface area contributed by atoms with Crippen molar-refractivity contribution in [2.24, 2.45) is 39.4 Å². The zero-order valence-electron chi connectivity index (χ0n) is 29.1. The maximum absolute atomic E-state index is 14.7. The van der Waals surface area contributed by atoms with E-state index in [9.17, 15) is 45.6 Å². The lowest BCUT2D eigenvalue weighted by Gasteiger charge is -2.65. The second kappa shape index (κ2) is 12.2. The molecule has 0 unspecified atom stereocenters. The van der Waals surface area contributed by atoms with Gasteiger partial charge in [-0.05, 0) is 69.1 Å². The van der Waals surface area contributed by atoms with Crippen molar-refractivity contribution >= 4 is 5.78 Å². The molecule has 47 heavy (non-hydrogen) atoms. The molecular weight excluding hydrogens is 608 g/mol. The normalized spacial score (nSPS) is 49.6. The lowest BCUT2D eigenvalue weighted by Crippen LogP contribution is -2.66. The Kier molecular flexibility index (Phi) is 9.62. The Bertz CT molecular complexity index is 1270. The molecule has 268 valence electrons. The number of ketones is 1. The van der Waals surface area contributed by atoms with Gasteiger partial charge in [-0.1, -0.05) is 57.9 Å². The van der Waals surface area contributed by atoms with Gasteiger partial charge in [0, 0.05) is 23.2 Å². The Labute approximate surface area is 278 Å². The number of carbonyl (C=O) groups is 1. The zero-order chi connectivity index (χ0) is 35.2. The molecule has 0 aromatic heterocycles. The van der Waals surface area contributed by atoms with Crippen molar-refractivity contribution in [3.8, 4) is 0 Å². The van der Waals surface area contributed by atoms with Crippen LogP contribution in [0.15, 0.2) is 23.3 Å². The molecule has 0 amide bonds. The Morgan fingerprint density at radius 3 is 2.28 bits per heavy atom. The molecule has 1 heterocycles. The first-order valence-corrected chi connectivity index (χ1v) is 17.2. The Balaban J connectivity index is 1.48. The lowest BCUT2D eigenvalue weighted by atomic mass is 9.38. The molecule has 1 saturated heterocycles. The minimum absolute atomic E-state index is 0.00284. The van der Waals surface area contributed by atoms with Crippen molar-refractivity contribution in [3.05, 3.63) is 23.3 Å². The van der Waals surface area contributed by atoms with Crippen LogP contribution in [-0.2, 0) is 14.3 Å². The van der Waals surface area contributed by atoms with E-state index in [1.807, 2.05) is 47.6 Å². The first-order chi connectivity index (χ1) is 21.6. The standard InChI is InChI=1S/C36H58O11/c1-17(2)9-12-24(40)36(8,45)29-21(39)14-33(5)23-11-10-18-19(35(23,7)25(41)15-34(29,33)6)13-20(38)30(32(18,3)4)47-31-28(44)27(43)26(42)22(16-37)46-31/h9-10,19-24,26-31,37-40,42-45H,11-16H2,1-8H3/t19-,20+,21-,22-,23-,24+,26-,27+,28-,29-,30-,31+,33+,34-,35+,36+/m1/s1. The molecule has 0 aromatic carbocycles. The van der Waals surface area contributed by atoms with E-state index in [0.29, 0.717) is 12.8 Å². The van der Waals surface area contributed by atoms with Gasteiger partial charge in [0.2, 0.25) is 0 Å². The number of allylic oxidation sites excluding steroid dienone is 2. The number of aliphatic hydroxyl groups excluding tert-OH is 7. The highest BCUT2D eigenvalue weighted by atomic mass is 16.7. The van der Waals surface area contributed by atoms with Gasteiger partial charge in [0.15, 0.2) is 6.29 Å². The Morgan fingerprint density at radius 2 is 1.68 bits per heavy atom. The summed E-state index contributed by atoms with van der Waals surface area (Å²) in [5.41, 5.74) is -2.84. The molecule has 0 bridgehead atoms. The molecule has 5 aliphatic rings. The smallest absolute Gasteiger partial charge is 0.187 e. The minimum Gasteiger partial charge on any atom is -0.394 e. The average molecular weight is 667 g/mol. The molecule has 3 saturated carbocycles. The Morgan fingerprint density at radius 1 is 1.04 bits per heavy atom. The number of hydrogen-bond donors (Lipinski definition) is 8. The fourth-order valence-corrected chi connectivity index (χ4v) is 11.0. The molecule has 0 aromatic rings. The summed E-state index contributed by atoms with van der Waals surface area (Å²) in [6.45, 7) is 14.7. The van der Waals surface area contributed by atoms with E-state index >= 15 is 0 Å². The van der Waals surface area contributed by atoms with Gasteiger partial charge >= 0.3 is 0 Å². The number of Topliss-reactive ketones (excluding diaryl/α,β-unsaturated/α-hetero) is 1. The third-order valence-electron chi connectivity index (χ3n) is 13.8. The quantitative estimate of drug-likeness (QED) is 0.183. The second-order valence-electron chi connectivity index (χ2n) is 17.0. The van der Waals surface area contributed by atoms with Crippen LogP contribution in [0.1, 0.15) is 87.5 Å². The van der Waals surface area contributed by atoms with Gasteiger partial charge in [-0.2, -0.15) is 0 Å². The van der Waals surface area contributed by atoms with E-state index in [1.165, 1.54) is 0 Å². The van der Waals surface area contributed by atoms with Gasteiger partial charge in [-0.25, -0.2) is 0 Å². The fourth-order valence-electron chi connectivity index (χ4n) is 11.0. The monoisotopic (exact) mass is 666 g/mol. The van der Waals surface area contributed by atoms with Crippen molar-refractivity contribution in [1.29, 1.82) is 0 Å². The molecule has 16 atom stereocenters. The number of fused-ring (bicyclic) bond motifs is 5. The molecule has 11 nitrogen and oxygen atoms in total. The summed E-state index contributed by atoms with van der Waals surface area (Å²) in [5.74, 6) is -1.31. The molecule has 1 aliphatic heterocycles. The predicted molar refractivity (Wildman–Crippen MR) is 171 cm³/mol.